The minimum absolute atomic E-state index is 0.163. The lowest BCUT2D eigenvalue weighted by molar-refractivity contribution is -0.141. The number of carbonyl (C=O) groups excluding carboxylic acids is 1. The highest BCUT2D eigenvalue weighted by Crippen LogP contribution is 2.42. The number of rotatable bonds is 7. The molecule has 1 aromatic carbocycles. The van der Waals surface area contributed by atoms with Crippen molar-refractivity contribution in [2.24, 2.45) is 0 Å². The molecule has 1 heterocycles. The van der Waals surface area contributed by atoms with Gasteiger partial charge in [-0.3, -0.25) is 9.48 Å². The summed E-state index contributed by atoms with van der Waals surface area (Å²) in [7, 11) is 0. The highest BCUT2D eigenvalue weighted by molar-refractivity contribution is 7.98. The summed E-state index contributed by atoms with van der Waals surface area (Å²) in [4.78, 5) is 13.2. The quantitative estimate of drug-likeness (QED) is 0.510. The zero-order valence-corrected chi connectivity index (χ0v) is 16.2. The van der Waals surface area contributed by atoms with Gasteiger partial charge in [-0.25, -0.2) is 0 Å². The molecular weight excluding hydrogens is 399 g/mol. The molecule has 1 amide bonds. The van der Waals surface area contributed by atoms with Crippen molar-refractivity contribution in [2.45, 2.75) is 42.8 Å². The van der Waals surface area contributed by atoms with E-state index in [1.807, 2.05) is 12.3 Å². The zero-order chi connectivity index (χ0) is 19.6. The van der Waals surface area contributed by atoms with Crippen LogP contribution >= 0.6 is 23.4 Å². The molecule has 146 valence electrons. The topological polar surface area (TPSA) is 46.9 Å². The summed E-state index contributed by atoms with van der Waals surface area (Å²) in [5, 5.41) is 6.84. The van der Waals surface area contributed by atoms with E-state index in [2.05, 4.69) is 10.4 Å². The summed E-state index contributed by atoms with van der Waals surface area (Å²) in [6.07, 6.45) is -0.276. The van der Waals surface area contributed by atoms with Crippen molar-refractivity contribution in [3.8, 4) is 0 Å². The number of hydrogen-bond acceptors (Lipinski definition) is 3. The van der Waals surface area contributed by atoms with Gasteiger partial charge in [-0.15, -0.1) is 11.8 Å². The Hall–Kier alpha value is -1.67. The van der Waals surface area contributed by atoms with Gasteiger partial charge in [0, 0.05) is 29.6 Å². The Morgan fingerprint density at radius 2 is 2.11 bits per heavy atom. The molecular formula is C18H19ClF3N3OS. The lowest BCUT2D eigenvalue weighted by Crippen LogP contribution is -2.26. The van der Waals surface area contributed by atoms with Gasteiger partial charge in [-0.2, -0.15) is 18.3 Å². The summed E-state index contributed by atoms with van der Waals surface area (Å²) >= 11 is 7.58. The fourth-order valence-electron chi connectivity index (χ4n) is 2.79. The molecule has 1 aliphatic rings. The average molecular weight is 418 g/mol. The maximum atomic E-state index is 12.9. The van der Waals surface area contributed by atoms with E-state index in [0.29, 0.717) is 35.8 Å². The van der Waals surface area contributed by atoms with Gasteiger partial charge in [0.25, 0.3) is 5.91 Å². The summed E-state index contributed by atoms with van der Waals surface area (Å²) in [5.41, 5.74) is 0.166. The van der Waals surface area contributed by atoms with Gasteiger partial charge < -0.3 is 5.32 Å². The van der Waals surface area contributed by atoms with Crippen LogP contribution in [0.3, 0.4) is 0 Å². The molecule has 0 saturated heterocycles. The molecule has 1 N–H and O–H groups in total. The van der Waals surface area contributed by atoms with Crippen LogP contribution in [0.2, 0.25) is 5.02 Å². The van der Waals surface area contributed by atoms with E-state index < -0.39 is 11.9 Å². The van der Waals surface area contributed by atoms with Crippen LogP contribution < -0.4 is 5.32 Å². The third kappa shape index (κ3) is 4.99. The normalized spacial score (nSPS) is 14.4. The van der Waals surface area contributed by atoms with E-state index in [9.17, 15) is 18.0 Å². The Labute approximate surface area is 164 Å². The van der Waals surface area contributed by atoms with Crippen LogP contribution in [0, 0.1) is 0 Å². The van der Waals surface area contributed by atoms with Crippen molar-refractivity contribution in [2.75, 3.05) is 12.8 Å². The number of carbonyl (C=O) groups is 1. The van der Waals surface area contributed by atoms with Crippen LogP contribution in [0.25, 0.3) is 0 Å². The Bertz CT molecular complexity index is 834. The molecule has 0 aliphatic heterocycles. The molecule has 0 atom stereocenters. The van der Waals surface area contributed by atoms with Crippen LogP contribution in [0.15, 0.2) is 29.2 Å². The van der Waals surface area contributed by atoms with E-state index in [1.54, 1.807) is 12.1 Å². The summed E-state index contributed by atoms with van der Waals surface area (Å²) < 4.78 is 40.1. The van der Waals surface area contributed by atoms with Crippen molar-refractivity contribution in [1.29, 1.82) is 0 Å². The van der Waals surface area contributed by atoms with E-state index in [4.69, 9.17) is 11.6 Å². The SMILES string of the molecule is CSc1ccc(Cl)c(C(=O)NCCCn2nc(C(F)(F)F)cc2C2CC2)c1. The number of amides is 1. The fraction of sp³-hybridized carbons (Fsp3) is 0.444. The Balaban J connectivity index is 1.57. The van der Waals surface area contributed by atoms with Crippen LogP contribution in [0.5, 0.6) is 0 Å². The van der Waals surface area contributed by atoms with E-state index >= 15 is 0 Å². The standard InChI is InChI=1S/C18H19ClF3N3OS/c1-27-12-5-6-14(19)13(9-12)17(26)23-7-2-8-25-15(11-3-4-11)10-16(24-25)18(20,21)22/h5-6,9-11H,2-4,7-8H2,1H3,(H,23,26). The first kappa shape index (κ1) is 20.1. The second-order valence-corrected chi connectivity index (χ2v) is 7.69. The number of nitrogens with one attached hydrogen (secondary N) is 1. The lowest BCUT2D eigenvalue weighted by atomic mass is 10.2. The highest BCUT2D eigenvalue weighted by Gasteiger charge is 2.37. The van der Waals surface area contributed by atoms with Crippen molar-refractivity contribution >= 4 is 29.3 Å². The Morgan fingerprint density at radius 3 is 2.74 bits per heavy atom. The molecule has 1 saturated carbocycles. The third-order valence-corrected chi connectivity index (χ3v) is 5.40. The van der Waals surface area contributed by atoms with Gasteiger partial charge in [0.15, 0.2) is 5.69 Å². The molecule has 1 aromatic heterocycles. The lowest BCUT2D eigenvalue weighted by Gasteiger charge is -2.09. The third-order valence-electron chi connectivity index (χ3n) is 4.35. The smallest absolute Gasteiger partial charge is 0.352 e. The molecule has 0 unspecified atom stereocenters. The molecule has 27 heavy (non-hydrogen) atoms. The minimum Gasteiger partial charge on any atom is -0.352 e. The number of benzene rings is 1. The van der Waals surface area contributed by atoms with Gasteiger partial charge in [0.1, 0.15) is 0 Å². The second-order valence-electron chi connectivity index (χ2n) is 6.40. The summed E-state index contributed by atoms with van der Waals surface area (Å²) in [6, 6.07) is 6.37. The Kier molecular flexibility index (Phi) is 6.05. The van der Waals surface area contributed by atoms with Crippen LogP contribution in [-0.2, 0) is 12.7 Å². The molecule has 1 fully saturated rings. The number of aromatic nitrogens is 2. The molecule has 2 aromatic rings. The number of thioether (sulfide) groups is 1. The minimum atomic E-state index is -4.44. The van der Waals surface area contributed by atoms with Crippen molar-refractivity contribution in [3.63, 3.8) is 0 Å². The molecule has 0 radical (unpaired) electrons. The molecule has 0 bridgehead atoms. The number of nitrogens with zero attached hydrogens (tertiary/aromatic N) is 2. The number of hydrogen-bond donors (Lipinski definition) is 1. The number of alkyl halides is 3. The van der Waals surface area contributed by atoms with Crippen molar-refractivity contribution in [1.82, 2.24) is 15.1 Å². The highest BCUT2D eigenvalue weighted by atomic mass is 35.5. The van der Waals surface area contributed by atoms with Crippen LogP contribution in [0.1, 0.15) is 46.9 Å². The second kappa shape index (κ2) is 8.14. The van der Waals surface area contributed by atoms with Gasteiger partial charge in [0.05, 0.1) is 10.6 Å². The van der Waals surface area contributed by atoms with E-state index in [1.165, 1.54) is 16.4 Å². The van der Waals surface area contributed by atoms with Gasteiger partial charge in [-0.05, 0) is 49.8 Å². The summed E-state index contributed by atoms with van der Waals surface area (Å²) in [6.45, 7) is 0.644. The summed E-state index contributed by atoms with van der Waals surface area (Å²) in [5.74, 6) is -0.133. The molecule has 3 rings (SSSR count). The van der Waals surface area contributed by atoms with Gasteiger partial charge in [0.2, 0.25) is 0 Å². The average Bonchev–Trinajstić information content (AvgIpc) is 3.37. The first-order chi connectivity index (χ1) is 12.8. The maximum absolute atomic E-state index is 12.9. The predicted octanol–water partition coefficient (Wildman–Crippen LogP) is 4.97. The number of halogens is 4. The van der Waals surface area contributed by atoms with Crippen molar-refractivity contribution in [3.05, 3.63) is 46.2 Å². The van der Waals surface area contributed by atoms with E-state index in [0.717, 1.165) is 23.8 Å². The molecule has 9 heteroatoms. The molecule has 0 spiro atoms. The fourth-order valence-corrected chi connectivity index (χ4v) is 3.43. The van der Waals surface area contributed by atoms with Crippen LogP contribution in [-0.4, -0.2) is 28.5 Å². The van der Waals surface area contributed by atoms with Crippen LogP contribution in [0.4, 0.5) is 13.2 Å². The molecule has 4 nitrogen and oxygen atoms in total. The maximum Gasteiger partial charge on any atom is 0.435 e. The van der Waals surface area contributed by atoms with Crippen molar-refractivity contribution < 1.29 is 18.0 Å². The predicted molar refractivity (Wildman–Crippen MR) is 99.4 cm³/mol. The van der Waals surface area contributed by atoms with Gasteiger partial charge in [-0.1, -0.05) is 11.6 Å². The number of aryl methyl sites for hydroxylation is 1. The Morgan fingerprint density at radius 1 is 1.37 bits per heavy atom. The first-order valence-electron chi connectivity index (χ1n) is 8.56. The first-order valence-corrected chi connectivity index (χ1v) is 10.2. The zero-order valence-electron chi connectivity index (χ0n) is 14.6. The van der Waals surface area contributed by atoms with E-state index in [-0.39, 0.29) is 11.8 Å². The molecule has 1 aliphatic carbocycles. The largest absolute Gasteiger partial charge is 0.435 e. The monoisotopic (exact) mass is 417 g/mol. The van der Waals surface area contributed by atoms with Gasteiger partial charge >= 0.3 is 6.18 Å².